The summed E-state index contributed by atoms with van der Waals surface area (Å²) >= 11 is 0. The van der Waals surface area contributed by atoms with Gasteiger partial charge in [-0.3, -0.25) is 23.9 Å². The predicted molar refractivity (Wildman–Crippen MR) is 99.0 cm³/mol. The zero-order valence-corrected chi connectivity index (χ0v) is 15.7. The SMILES string of the molecule is Cc1cnc(C(=O)N2C[C@H]3Cn4c(nn(CC5CCC5)c(=O)c4=O)[C@H]3C2)cn1. The van der Waals surface area contributed by atoms with E-state index >= 15 is 0 Å². The highest BCUT2D eigenvalue weighted by Crippen LogP contribution is 2.37. The minimum atomic E-state index is -0.529. The summed E-state index contributed by atoms with van der Waals surface area (Å²) in [6, 6.07) is 0. The van der Waals surface area contributed by atoms with E-state index in [0.717, 1.165) is 18.5 Å². The molecule has 9 heteroatoms. The lowest BCUT2D eigenvalue weighted by Crippen LogP contribution is -2.45. The maximum atomic E-state index is 12.8. The molecule has 3 aliphatic rings. The Labute approximate surface area is 161 Å². The molecule has 146 valence electrons. The van der Waals surface area contributed by atoms with E-state index in [1.54, 1.807) is 11.1 Å². The molecule has 9 nitrogen and oxygen atoms in total. The number of carbonyl (C=O) groups excluding carboxylic acids is 1. The van der Waals surface area contributed by atoms with Crippen LogP contribution >= 0.6 is 0 Å². The van der Waals surface area contributed by atoms with E-state index < -0.39 is 11.1 Å². The van der Waals surface area contributed by atoms with Crippen LogP contribution in [-0.4, -0.2) is 48.2 Å². The maximum Gasteiger partial charge on any atom is 0.332 e. The smallest absolute Gasteiger partial charge is 0.332 e. The third-order valence-electron chi connectivity index (χ3n) is 6.30. The molecule has 1 saturated carbocycles. The second kappa shape index (κ2) is 6.35. The fraction of sp³-hybridized carbons (Fsp3) is 0.579. The fourth-order valence-electron chi connectivity index (χ4n) is 4.46. The Kier molecular flexibility index (Phi) is 3.92. The minimum Gasteiger partial charge on any atom is -0.336 e. The normalized spacial score (nSPS) is 23.4. The summed E-state index contributed by atoms with van der Waals surface area (Å²) < 4.78 is 2.87. The first-order valence-electron chi connectivity index (χ1n) is 9.81. The highest BCUT2D eigenvalue weighted by Gasteiger charge is 2.44. The lowest BCUT2D eigenvalue weighted by Gasteiger charge is -2.25. The second-order valence-electron chi connectivity index (χ2n) is 8.18. The van der Waals surface area contributed by atoms with E-state index in [2.05, 4.69) is 15.1 Å². The van der Waals surface area contributed by atoms with Gasteiger partial charge in [0.1, 0.15) is 11.5 Å². The highest BCUT2D eigenvalue weighted by molar-refractivity contribution is 5.92. The van der Waals surface area contributed by atoms with Gasteiger partial charge in [0.2, 0.25) is 0 Å². The van der Waals surface area contributed by atoms with Crippen molar-refractivity contribution in [3.8, 4) is 0 Å². The van der Waals surface area contributed by atoms with Gasteiger partial charge < -0.3 is 4.90 Å². The van der Waals surface area contributed by atoms with E-state index in [-0.39, 0.29) is 17.7 Å². The lowest BCUT2D eigenvalue weighted by molar-refractivity contribution is 0.0776. The molecule has 0 radical (unpaired) electrons. The Morgan fingerprint density at radius 3 is 2.61 bits per heavy atom. The monoisotopic (exact) mass is 382 g/mol. The zero-order valence-electron chi connectivity index (χ0n) is 15.7. The standard InChI is InChI=1S/C19H22N6O3/c1-11-5-21-15(6-20-11)17(26)23-8-13-9-24-16(14(13)10-23)22-25(19(28)18(24)27)7-12-3-2-4-12/h5-6,12-14H,2-4,7-10H2,1H3/t13-,14-/m0/s1. The Bertz CT molecular complexity index is 1050. The van der Waals surface area contributed by atoms with Crippen molar-refractivity contribution < 1.29 is 4.79 Å². The molecular formula is C19H22N6O3. The molecule has 1 aliphatic carbocycles. The van der Waals surface area contributed by atoms with Gasteiger partial charge in [0.25, 0.3) is 5.91 Å². The number of nitrogens with zero attached hydrogens (tertiary/aromatic N) is 6. The van der Waals surface area contributed by atoms with Crippen LogP contribution in [0.15, 0.2) is 22.0 Å². The molecule has 2 fully saturated rings. The molecule has 1 amide bonds. The van der Waals surface area contributed by atoms with Gasteiger partial charge in [0, 0.05) is 44.2 Å². The number of amides is 1. The van der Waals surface area contributed by atoms with Crippen LogP contribution < -0.4 is 11.1 Å². The van der Waals surface area contributed by atoms with Gasteiger partial charge in [0.05, 0.1) is 11.9 Å². The molecule has 0 N–H and O–H groups in total. The maximum absolute atomic E-state index is 12.8. The molecule has 0 spiro atoms. The van der Waals surface area contributed by atoms with Crippen molar-refractivity contribution in [1.82, 2.24) is 29.2 Å². The summed E-state index contributed by atoms with van der Waals surface area (Å²) in [5.41, 5.74) is 0.0714. The summed E-state index contributed by atoms with van der Waals surface area (Å²) in [6.45, 7) is 3.78. The van der Waals surface area contributed by atoms with Crippen molar-refractivity contribution in [1.29, 1.82) is 0 Å². The number of hydrogen-bond donors (Lipinski definition) is 0. The molecule has 2 aromatic rings. The molecule has 2 aromatic heterocycles. The van der Waals surface area contributed by atoms with Gasteiger partial charge in [-0.25, -0.2) is 9.67 Å². The van der Waals surface area contributed by atoms with Crippen LogP contribution in [0.25, 0.3) is 0 Å². The first-order valence-corrected chi connectivity index (χ1v) is 9.81. The van der Waals surface area contributed by atoms with Crippen molar-refractivity contribution in [2.75, 3.05) is 13.1 Å². The van der Waals surface area contributed by atoms with Crippen LogP contribution in [0.2, 0.25) is 0 Å². The predicted octanol–water partition coefficient (Wildman–Crippen LogP) is 0.173. The van der Waals surface area contributed by atoms with E-state index in [1.165, 1.54) is 21.9 Å². The van der Waals surface area contributed by atoms with Crippen molar-refractivity contribution >= 4 is 5.91 Å². The molecule has 0 bridgehead atoms. The summed E-state index contributed by atoms with van der Waals surface area (Å²) in [5.74, 6) is 0.995. The summed E-state index contributed by atoms with van der Waals surface area (Å²) in [7, 11) is 0. The van der Waals surface area contributed by atoms with Gasteiger partial charge in [0.15, 0.2) is 0 Å². The Morgan fingerprint density at radius 1 is 1.11 bits per heavy atom. The third-order valence-corrected chi connectivity index (χ3v) is 6.30. The van der Waals surface area contributed by atoms with Gasteiger partial charge in [-0.1, -0.05) is 6.42 Å². The fourth-order valence-corrected chi connectivity index (χ4v) is 4.46. The molecule has 0 aromatic carbocycles. The lowest BCUT2D eigenvalue weighted by atomic mass is 9.85. The molecular weight excluding hydrogens is 360 g/mol. The summed E-state index contributed by atoms with van der Waals surface area (Å²) in [5, 5.41) is 4.56. The van der Waals surface area contributed by atoms with E-state index in [9.17, 15) is 14.4 Å². The minimum absolute atomic E-state index is 0.0247. The topological polar surface area (TPSA) is 103 Å². The average Bonchev–Trinajstić information content (AvgIpc) is 3.21. The van der Waals surface area contributed by atoms with E-state index in [4.69, 9.17) is 0 Å². The molecule has 2 atom stereocenters. The number of fused-ring (bicyclic) bond motifs is 3. The number of likely N-dealkylation sites (tertiary alicyclic amines) is 1. The highest BCUT2D eigenvalue weighted by atomic mass is 16.2. The number of aromatic nitrogens is 5. The molecule has 5 rings (SSSR count). The third kappa shape index (κ3) is 2.68. The summed E-state index contributed by atoms with van der Waals surface area (Å²) in [6.07, 6.45) is 6.42. The first kappa shape index (κ1) is 17.3. The van der Waals surface area contributed by atoms with Gasteiger partial charge >= 0.3 is 11.1 Å². The number of carbonyl (C=O) groups is 1. The second-order valence-corrected chi connectivity index (χ2v) is 8.18. The molecule has 4 heterocycles. The van der Waals surface area contributed by atoms with Crippen LogP contribution in [0.3, 0.4) is 0 Å². The molecule has 28 heavy (non-hydrogen) atoms. The molecule has 1 saturated heterocycles. The van der Waals surface area contributed by atoms with Crippen molar-refractivity contribution in [2.45, 2.75) is 45.2 Å². The first-order chi connectivity index (χ1) is 13.5. The largest absolute Gasteiger partial charge is 0.336 e. The number of aryl methyl sites for hydroxylation is 1. The van der Waals surface area contributed by atoms with Crippen LogP contribution in [0, 0.1) is 18.8 Å². The molecule has 0 unspecified atom stereocenters. The van der Waals surface area contributed by atoms with Crippen LogP contribution in [0.1, 0.15) is 47.2 Å². The van der Waals surface area contributed by atoms with Gasteiger partial charge in [-0.05, 0) is 25.7 Å². The van der Waals surface area contributed by atoms with Gasteiger partial charge in [-0.15, -0.1) is 0 Å². The molecule has 2 aliphatic heterocycles. The van der Waals surface area contributed by atoms with Crippen molar-refractivity contribution in [3.05, 3.63) is 50.3 Å². The van der Waals surface area contributed by atoms with E-state index in [0.29, 0.717) is 43.6 Å². The Morgan fingerprint density at radius 2 is 1.93 bits per heavy atom. The van der Waals surface area contributed by atoms with Gasteiger partial charge in [-0.2, -0.15) is 5.10 Å². The number of rotatable bonds is 3. The van der Waals surface area contributed by atoms with Crippen LogP contribution in [-0.2, 0) is 13.1 Å². The van der Waals surface area contributed by atoms with E-state index in [1.807, 2.05) is 6.92 Å². The Balaban J connectivity index is 1.41. The van der Waals surface area contributed by atoms with Crippen molar-refractivity contribution in [2.24, 2.45) is 11.8 Å². The number of hydrogen-bond acceptors (Lipinski definition) is 6. The quantitative estimate of drug-likeness (QED) is 0.701. The zero-order chi connectivity index (χ0) is 19.4. The Hall–Kier alpha value is -2.84. The summed E-state index contributed by atoms with van der Waals surface area (Å²) in [4.78, 5) is 47.8. The average molecular weight is 382 g/mol. The van der Waals surface area contributed by atoms with Crippen molar-refractivity contribution in [3.63, 3.8) is 0 Å². The van der Waals surface area contributed by atoms with Crippen LogP contribution in [0.4, 0.5) is 0 Å². The van der Waals surface area contributed by atoms with Crippen LogP contribution in [0.5, 0.6) is 0 Å².